The molecule has 0 saturated heterocycles. The lowest BCUT2D eigenvalue weighted by molar-refractivity contribution is -0.144. The normalized spacial score (nSPS) is 19.4. The highest BCUT2D eigenvalue weighted by Gasteiger charge is 2.42. The molecule has 0 radical (unpaired) electrons. The minimum absolute atomic E-state index is 0.0304. The summed E-state index contributed by atoms with van der Waals surface area (Å²) in [5, 5.41) is 3.65. The Labute approximate surface area is 126 Å². The van der Waals surface area contributed by atoms with Gasteiger partial charge in [-0.2, -0.15) is 0 Å². The predicted molar refractivity (Wildman–Crippen MR) is 75.3 cm³/mol. The van der Waals surface area contributed by atoms with Crippen LogP contribution in [0.4, 0.5) is 5.82 Å². The van der Waals surface area contributed by atoms with Crippen LogP contribution >= 0.6 is 11.6 Å². The topological polar surface area (TPSA) is 98.7 Å². The first kappa shape index (κ1) is 15.4. The van der Waals surface area contributed by atoms with E-state index in [4.69, 9.17) is 26.6 Å². The van der Waals surface area contributed by atoms with E-state index in [1.165, 1.54) is 6.92 Å². The summed E-state index contributed by atoms with van der Waals surface area (Å²) >= 11 is 5.85. The van der Waals surface area contributed by atoms with E-state index in [9.17, 15) is 9.59 Å². The molecule has 1 unspecified atom stereocenters. The number of carbonyl (C=O) groups excluding carboxylic acids is 2. The maximum absolute atomic E-state index is 12.2. The van der Waals surface area contributed by atoms with E-state index >= 15 is 0 Å². The van der Waals surface area contributed by atoms with E-state index < -0.39 is 18.1 Å². The second-order valence-electron chi connectivity index (χ2n) is 5.71. The highest BCUT2D eigenvalue weighted by atomic mass is 35.5. The first-order valence-electron chi connectivity index (χ1n) is 6.26. The van der Waals surface area contributed by atoms with Crippen LogP contribution in [0.2, 0.25) is 0 Å². The predicted octanol–water partition coefficient (Wildman–Crippen LogP) is 1.62. The van der Waals surface area contributed by atoms with Crippen LogP contribution in [0.1, 0.15) is 33.5 Å². The van der Waals surface area contributed by atoms with Crippen molar-refractivity contribution in [3.63, 3.8) is 0 Å². The molecule has 0 aromatic carbocycles. The Kier molecular flexibility index (Phi) is 3.71. The van der Waals surface area contributed by atoms with Crippen molar-refractivity contribution in [1.29, 1.82) is 0 Å². The number of amides is 1. The third kappa shape index (κ3) is 2.73. The van der Waals surface area contributed by atoms with Crippen LogP contribution < -0.4 is 10.6 Å². The standard InChI is InChI=1S/C13H16ClN3O4/c1-6(18)20-12-10(15)9(14)11(19)17(12)8-5-7(21-16-8)13(2,3)4/h5,12H,15H2,1-4H3. The highest BCUT2D eigenvalue weighted by molar-refractivity contribution is 6.45. The largest absolute Gasteiger partial charge is 0.435 e. The van der Waals surface area contributed by atoms with Gasteiger partial charge in [-0.15, -0.1) is 0 Å². The van der Waals surface area contributed by atoms with Gasteiger partial charge < -0.3 is 15.0 Å². The molecule has 0 saturated carbocycles. The van der Waals surface area contributed by atoms with Gasteiger partial charge in [-0.25, -0.2) is 4.90 Å². The number of ether oxygens (including phenoxy) is 1. The molecule has 0 spiro atoms. The Morgan fingerprint density at radius 3 is 2.62 bits per heavy atom. The highest BCUT2D eigenvalue weighted by Crippen LogP contribution is 2.33. The van der Waals surface area contributed by atoms with E-state index in [-0.39, 0.29) is 22.0 Å². The molecule has 1 aliphatic rings. The Morgan fingerprint density at radius 2 is 2.14 bits per heavy atom. The summed E-state index contributed by atoms with van der Waals surface area (Å²) in [6, 6.07) is 1.59. The fourth-order valence-electron chi connectivity index (χ4n) is 1.81. The zero-order valence-electron chi connectivity index (χ0n) is 12.1. The Hall–Kier alpha value is -2.02. The number of carbonyl (C=O) groups is 2. The first-order chi connectivity index (χ1) is 9.62. The average molecular weight is 314 g/mol. The van der Waals surface area contributed by atoms with Gasteiger partial charge in [-0.3, -0.25) is 9.59 Å². The quantitative estimate of drug-likeness (QED) is 0.833. The van der Waals surface area contributed by atoms with Crippen molar-refractivity contribution in [2.24, 2.45) is 5.73 Å². The monoisotopic (exact) mass is 313 g/mol. The number of rotatable bonds is 2. The van der Waals surface area contributed by atoms with Crippen molar-refractivity contribution in [2.75, 3.05) is 4.90 Å². The molecule has 1 amide bonds. The molecular formula is C13H16ClN3O4. The Bertz CT molecular complexity index is 630. The lowest BCUT2D eigenvalue weighted by Crippen LogP contribution is -2.40. The van der Waals surface area contributed by atoms with E-state index in [0.29, 0.717) is 5.76 Å². The SMILES string of the molecule is CC(=O)OC1C(N)=C(Cl)C(=O)N1c1cc(C(C)(C)C)on1. The summed E-state index contributed by atoms with van der Waals surface area (Å²) in [6.45, 7) is 7.02. The second-order valence-corrected chi connectivity index (χ2v) is 6.08. The molecule has 1 aromatic heterocycles. The van der Waals surface area contributed by atoms with Crippen molar-refractivity contribution in [3.05, 3.63) is 22.6 Å². The van der Waals surface area contributed by atoms with Crippen molar-refractivity contribution in [1.82, 2.24) is 5.16 Å². The maximum Gasteiger partial charge on any atom is 0.304 e. The molecule has 1 aliphatic heterocycles. The molecule has 21 heavy (non-hydrogen) atoms. The third-order valence-electron chi connectivity index (χ3n) is 2.92. The second kappa shape index (κ2) is 5.07. The number of hydrogen-bond acceptors (Lipinski definition) is 6. The number of nitrogens with two attached hydrogens (primary N) is 1. The number of aromatic nitrogens is 1. The molecule has 114 valence electrons. The smallest absolute Gasteiger partial charge is 0.304 e. The van der Waals surface area contributed by atoms with Crippen LogP contribution in [0, 0.1) is 0 Å². The van der Waals surface area contributed by atoms with Crippen molar-refractivity contribution < 1.29 is 18.8 Å². The van der Waals surface area contributed by atoms with Crippen molar-refractivity contribution in [3.8, 4) is 0 Å². The number of anilines is 1. The minimum atomic E-state index is -1.11. The van der Waals surface area contributed by atoms with E-state index in [1.54, 1.807) is 6.07 Å². The van der Waals surface area contributed by atoms with Crippen molar-refractivity contribution >= 4 is 29.3 Å². The third-order valence-corrected chi connectivity index (χ3v) is 3.30. The van der Waals surface area contributed by atoms with Gasteiger partial charge in [0.25, 0.3) is 5.91 Å². The fraction of sp³-hybridized carbons (Fsp3) is 0.462. The molecular weight excluding hydrogens is 298 g/mol. The number of esters is 1. The number of hydrogen-bond donors (Lipinski definition) is 1. The van der Waals surface area contributed by atoms with Gasteiger partial charge in [0.2, 0.25) is 6.23 Å². The molecule has 8 heteroatoms. The molecule has 1 aromatic rings. The van der Waals surface area contributed by atoms with E-state index in [1.807, 2.05) is 20.8 Å². The van der Waals surface area contributed by atoms with Gasteiger partial charge in [0.1, 0.15) is 10.8 Å². The zero-order valence-corrected chi connectivity index (χ0v) is 12.9. The fourth-order valence-corrected chi connectivity index (χ4v) is 2.00. The number of halogens is 1. The summed E-state index contributed by atoms with van der Waals surface area (Å²) in [7, 11) is 0. The van der Waals surface area contributed by atoms with Gasteiger partial charge in [0.05, 0.1) is 5.70 Å². The summed E-state index contributed by atoms with van der Waals surface area (Å²) in [6.07, 6.45) is -1.11. The van der Waals surface area contributed by atoms with Crippen LogP contribution in [-0.4, -0.2) is 23.3 Å². The van der Waals surface area contributed by atoms with Crippen LogP contribution in [0.5, 0.6) is 0 Å². The molecule has 1 atom stereocenters. The van der Waals surface area contributed by atoms with E-state index in [2.05, 4.69) is 5.16 Å². The summed E-state index contributed by atoms with van der Waals surface area (Å²) < 4.78 is 10.3. The van der Waals surface area contributed by atoms with Gasteiger partial charge in [-0.1, -0.05) is 37.5 Å². The summed E-state index contributed by atoms with van der Waals surface area (Å²) in [5.74, 6) is -0.413. The van der Waals surface area contributed by atoms with Crippen LogP contribution in [-0.2, 0) is 19.7 Å². The van der Waals surface area contributed by atoms with Gasteiger partial charge in [-0.05, 0) is 0 Å². The lowest BCUT2D eigenvalue weighted by atomic mass is 9.93. The van der Waals surface area contributed by atoms with E-state index in [0.717, 1.165) is 4.90 Å². The molecule has 2 N–H and O–H groups in total. The number of nitrogens with zero attached hydrogens (tertiary/aromatic N) is 2. The summed E-state index contributed by atoms with van der Waals surface area (Å²) in [4.78, 5) is 24.4. The molecule has 0 fully saturated rings. The zero-order chi connectivity index (χ0) is 15.9. The summed E-state index contributed by atoms with van der Waals surface area (Å²) in [5.41, 5.74) is 5.42. The molecule has 7 nitrogen and oxygen atoms in total. The lowest BCUT2D eigenvalue weighted by Gasteiger charge is -2.22. The Balaban J connectivity index is 2.39. The van der Waals surface area contributed by atoms with Gasteiger partial charge in [0.15, 0.2) is 5.82 Å². The maximum atomic E-state index is 12.2. The molecule has 0 aliphatic carbocycles. The van der Waals surface area contributed by atoms with Gasteiger partial charge >= 0.3 is 5.97 Å². The molecule has 2 rings (SSSR count). The van der Waals surface area contributed by atoms with Crippen LogP contribution in [0.3, 0.4) is 0 Å². The molecule has 2 heterocycles. The minimum Gasteiger partial charge on any atom is -0.435 e. The van der Waals surface area contributed by atoms with Crippen LogP contribution in [0.15, 0.2) is 21.3 Å². The average Bonchev–Trinajstić information content (AvgIpc) is 2.90. The first-order valence-corrected chi connectivity index (χ1v) is 6.64. The van der Waals surface area contributed by atoms with Crippen molar-refractivity contribution in [2.45, 2.75) is 39.3 Å². The van der Waals surface area contributed by atoms with Crippen LogP contribution in [0.25, 0.3) is 0 Å². The Morgan fingerprint density at radius 1 is 1.52 bits per heavy atom. The molecule has 0 bridgehead atoms. The van der Waals surface area contributed by atoms with Gasteiger partial charge in [0, 0.05) is 18.4 Å².